The monoisotopic (exact) mass is 530 g/mol. The Morgan fingerprint density at radius 3 is 2.65 bits per heavy atom. The number of H-pyrrole nitrogens is 2. The van der Waals surface area contributed by atoms with E-state index in [1.807, 2.05) is 31.3 Å². The summed E-state index contributed by atoms with van der Waals surface area (Å²) in [6.07, 6.45) is 13.7. The molecule has 5 aromatic heterocycles. The Morgan fingerprint density at radius 1 is 0.950 bits per heavy atom. The molecule has 0 bridgehead atoms. The van der Waals surface area contributed by atoms with Crippen LogP contribution in [0.3, 0.4) is 0 Å². The van der Waals surface area contributed by atoms with Crippen LogP contribution in [0.2, 0.25) is 0 Å². The van der Waals surface area contributed by atoms with Crippen molar-refractivity contribution in [3.63, 3.8) is 0 Å². The van der Waals surface area contributed by atoms with E-state index in [2.05, 4.69) is 42.0 Å². The van der Waals surface area contributed by atoms with Gasteiger partial charge in [-0.25, -0.2) is 9.37 Å². The molecule has 1 saturated carbocycles. The van der Waals surface area contributed by atoms with Crippen LogP contribution in [-0.2, 0) is 0 Å². The van der Waals surface area contributed by atoms with Gasteiger partial charge in [0.15, 0.2) is 5.82 Å². The lowest BCUT2D eigenvalue weighted by atomic mass is 10.0. The summed E-state index contributed by atoms with van der Waals surface area (Å²) in [6.45, 7) is 6.13. The highest BCUT2D eigenvalue weighted by atomic mass is 19.1. The highest BCUT2D eigenvalue weighted by Crippen LogP contribution is 2.34. The van der Waals surface area contributed by atoms with Crippen LogP contribution in [-0.4, -0.2) is 35.1 Å². The molecule has 7 rings (SSSR count). The van der Waals surface area contributed by atoms with E-state index in [9.17, 15) is 4.39 Å². The predicted octanol–water partition coefficient (Wildman–Crippen LogP) is 7.19. The van der Waals surface area contributed by atoms with Crippen LogP contribution in [0.25, 0.3) is 55.8 Å². The average Bonchev–Trinajstić information content (AvgIpc) is 3.71. The number of nitrogens with one attached hydrogen (secondary N) is 3. The lowest BCUT2D eigenvalue weighted by Crippen LogP contribution is -2.07. The summed E-state index contributed by atoms with van der Waals surface area (Å²) in [7, 11) is 0. The van der Waals surface area contributed by atoms with Crippen LogP contribution < -0.4 is 5.32 Å². The third-order valence-corrected chi connectivity index (χ3v) is 7.61. The molecule has 0 unspecified atom stereocenters. The Balaban J connectivity index is 1.25. The SMILES string of the molecule is C=C(Nc1cncc(-c2cc3c(-c4nc5c(-c6cc(C)cc(F)c6)cncc5[nH]4)n[nH]c3cn2)c1)C1CCCC1. The first-order chi connectivity index (χ1) is 19.5. The predicted molar refractivity (Wildman–Crippen MR) is 155 cm³/mol. The molecule has 5 heterocycles. The molecule has 0 spiro atoms. The number of allylic oxidation sites excluding steroid dienone is 1. The molecule has 3 N–H and O–H groups in total. The van der Waals surface area contributed by atoms with Gasteiger partial charge in [0.05, 0.1) is 46.5 Å². The lowest BCUT2D eigenvalue weighted by Gasteiger charge is -2.15. The second-order valence-corrected chi connectivity index (χ2v) is 10.5. The molecule has 1 aliphatic carbocycles. The summed E-state index contributed by atoms with van der Waals surface area (Å²) in [6, 6.07) is 8.96. The fraction of sp³-hybridized carbons (Fsp3) is 0.194. The fourth-order valence-corrected chi connectivity index (χ4v) is 5.61. The van der Waals surface area contributed by atoms with Crippen LogP contribution in [0.5, 0.6) is 0 Å². The van der Waals surface area contributed by atoms with E-state index in [1.165, 1.54) is 37.8 Å². The van der Waals surface area contributed by atoms with Gasteiger partial charge in [0.25, 0.3) is 0 Å². The number of pyridine rings is 3. The molecule has 8 nitrogen and oxygen atoms in total. The zero-order valence-corrected chi connectivity index (χ0v) is 22.0. The lowest BCUT2D eigenvalue weighted by molar-refractivity contribution is 0.627. The molecule has 0 aliphatic heterocycles. The molecular weight excluding hydrogens is 503 g/mol. The fourth-order valence-electron chi connectivity index (χ4n) is 5.61. The van der Waals surface area contributed by atoms with Crippen LogP contribution >= 0.6 is 0 Å². The second kappa shape index (κ2) is 9.68. The minimum absolute atomic E-state index is 0.294. The second-order valence-electron chi connectivity index (χ2n) is 10.5. The van der Waals surface area contributed by atoms with E-state index >= 15 is 0 Å². The van der Waals surface area contributed by atoms with Crippen LogP contribution in [0.15, 0.2) is 73.6 Å². The molecule has 9 heteroatoms. The van der Waals surface area contributed by atoms with Crippen LogP contribution in [0.1, 0.15) is 31.2 Å². The number of benzene rings is 1. The molecule has 0 atom stereocenters. The molecule has 1 aliphatic rings. The van der Waals surface area contributed by atoms with Crippen molar-refractivity contribution in [3.05, 3.63) is 85.0 Å². The molecule has 1 fully saturated rings. The molecule has 1 aromatic carbocycles. The number of aryl methyl sites for hydroxylation is 1. The first-order valence-corrected chi connectivity index (χ1v) is 13.4. The molecule has 40 heavy (non-hydrogen) atoms. The Kier molecular flexibility index (Phi) is 5.84. The van der Waals surface area contributed by atoms with Crippen molar-refractivity contribution in [1.82, 2.24) is 35.1 Å². The van der Waals surface area contributed by atoms with E-state index < -0.39 is 0 Å². The normalized spacial score (nSPS) is 13.8. The number of hydrogen-bond donors (Lipinski definition) is 3. The van der Waals surface area contributed by atoms with Crippen molar-refractivity contribution in [2.75, 3.05) is 5.32 Å². The maximum atomic E-state index is 14.2. The minimum Gasteiger partial charge on any atom is -0.358 e. The number of rotatable bonds is 6. The average molecular weight is 531 g/mol. The zero-order chi connectivity index (χ0) is 27.2. The number of fused-ring (bicyclic) bond motifs is 2. The molecule has 0 amide bonds. The van der Waals surface area contributed by atoms with E-state index in [4.69, 9.17) is 4.98 Å². The minimum atomic E-state index is -0.294. The van der Waals surface area contributed by atoms with Crippen LogP contribution in [0.4, 0.5) is 10.1 Å². The van der Waals surface area contributed by atoms with E-state index in [-0.39, 0.29) is 5.82 Å². The quantitative estimate of drug-likeness (QED) is 0.210. The largest absolute Gasteiger partial charge is 0.358 e. The van der Waals surface area contributed by atoms with E-state index in [0.29, 0.717) is 23.0 Å². The van der Waals surface area contributed by atoms with Gasteiger partial charge >= 0.3 is 0 Å². The van der Waals surface area contributed by atoms with Crippen molar-refractivity contribution in [3.8, 4) is 33.9 Å². The van der Waals surface area contributed by atoms with Gasteiger partial charge in [-0.05, 0) is 61.1 Å². The molecule has 6 aromatic rings. The Bertz CT molecular complexity index is 1880. The number of anilines is 1. The third-order valence-electron chi connectivity index (χ3n) is 7.61. The van der Waals surface area contributed by atoms with Gasteiger partial charge < -0.3 is 10.3 Å². The van der Waals surface area contributed by atoms with Gasteiger partial charge in [-0.2, -0.15) is 5.10 Å². The molecular formula is C31H27FN8. The first-order valence-electron chi connectivity index (χ1n) is 13.4. The number of aromatic nitrogens is 7. The molecule has 0 saturated heterocycles. The van der Waals surface area contributed by atoms with Gasteiger partial charge in [0.1, 0.15) is 11.5 Å². The summed E-state index contributed by atoms with van der Waals surface area (Å²) in [5.41, 5.74) is 8.79. The van der Waals surface area contributed by atoms with Gasteiger partial charge in [0.2, 0.25) is 0 Å². The smallest absolute Gasteiger partial charge is 0.159 e. The first kappa shape index (κ1) is 24.1. The summed E-state index contributed by atoms with van der Waals surface area (Å²) >= 11 is 0. The van der Waals surface area contributed by atoms with Crippen molar-refractivity contribution in [2.24, 2.45) is 5.92 Å². The Morgan fingerprint density at radius 2 is 1.80 bits per heavy atom. The highest BCUT2D eigenvalue weighted by molar-refractivity contribution is 5.97. The van der Waals surface area contributed by atoms with Crippen molar-refractivity contribution in [2.45, 2.75) is 32.6 Å². The van der Waals surface area contributed by atoms with Gasteiger partial charge in [-0.15, -0.1) is 0 Å². The van der Waals surface area contributed by atoms with Gasteiger partial charge in [0, 0.05) is 34.6 Å². The summed E-state index contributed by atoms with van der Waals surface area (Å²) in [5, 5.41) is 11.9. The van der Waals surface area contributed by atoms with Gasteiger partial charge in [-0.1, -0.05) is 25.5 Å². The topological polar surface area (TPSA) is 108 Å². The van der Waals surface area contributed by atoms with Gasteiger partial charge in [-0.3, -0.25) is 20.1 Å². The summed E-state index contributed by atoms with van der Waals surface area (Å²) in [4.78, 5) is 21.7. The number of imidazole rings is 1. The highest BCUT2D eigenvalue weighted by Gasteiger charge is 2.19. The van der Waals surface area contributed by atoms with Crippen molar-refractivity contribution < 1.29 is 4.39 Å². The Hall–Kier alpha value is -4.92. The number of aromatic amines is 2. The van der Waals surface area contributed by atoms with Crippen molar-refractivity contribution in [1.29, 1.82) is 0 Å². The standard InChI is InChI=1S/C31H27FN8/c1-17-7-20(9-22(32)8-17)25-14-34-15-28-29(25)38-31(37-28)30-24-11-26(35-16-27(24)39-40-30)21-10-23(13-33-12-21)36-18(2)19-5-3-4-6-19/h7-16,19,36H,2-6H2,1H3,(H,37,38)(H,39,40). The van der Waals surface area contributed by atoms with E-state index in [0.717, 1.165) is 55.8 Å². The number of nitrogens with zero attached hydrogens (tertiary/aromatic N) is 5. The maximum Gasteiger partial charge on any atom is 0.159 e. The molecule has 0 radical (unpaired) electrons. The summed E-state index contributed by atoms with van der Waals surface area (Å²) in [5.74, 6) is 0.802. The van der Waals surface area contributed by atoms with Crippen LogP contribution in [0, 0.1) is 18.7 Å². The molecule has 198 valence electrons. The van der Waals surface area contributed by atoms with Crippen molar-refractivity contribution >= 4 is 27.6 Å². The number of hydrogen-bond acceptors (Lipinski definition) is 6. The maximum absolute atomic E-state index is 14.2. The zero-order valence-electron chi connectivity index (χ0n) is 22.0. The summed E-state index contributed by atoms with van der Waals surface area (Å²) < 4.78 is 14.2. The number of halogens is 1. The Labute approximate surface area is 229 Å². The third kappa shape index (κ3) is 4.39. The van der Waals surface area contributed by atoms with E-state index in [1.54, 1.807) is 24.8 Å².